The second-order valence-corrected chi connectivity index (χ2v) is 8.34. The summed E-state index contributed by atoms with van der Waals surface area (Å²) in [5, 5.41) is 3.34. The molecule has 0 radical (unpaired) electrons. The van der Waals surface area contributed by atoms with Crippen LogP contribution in [0.4, 0.5) is 8.78 Å². The van der Waals surface area contributed by atoms with E-state index in [1.807, 2.05) is 11.8 Å². The number of nitrogens with one attached hydrogen (secondary N) is 1. The van der Waals surface area contributed by atoms with Gasteiger partial charge in [-0.1, -0.05) is 0 Å². The molecule has 1 aliphatic heterocycles. The van der Waals surface area contributed by atoms with Crippen molar-refractivity contribution in [2.24, 2.45) is 11.3 Å². The van der Waals surface area contributed by atoms with Crippen LogP contribution in [0.1, 0.15) is 45.4 Å². The molecule has 0 aromatic carbocycles. The van der Waals surface area contributed by atoms with Crippen LogP contribution in [0.2, 0.25) is 0 Å². The summed E-state index contributed by atoms with van der Waals surface area (Å²) in [5.41, 5.74) is -3.60. The maximum Gasteiger partial charge on any atom is 0.210 e. The summed E-state index contributed by atoms with van der Waals surface area (Å²) in [6, 6.07) is 0. The highest BCUT2D eigenvalue weighted by molar-refractivity contribution is 5.50. The van der Waals surface area contributed by atoms with Gasteiger partial charge < -0.3 is 10.2 Å². The van der Waals surface area contributed by atoms with Gasteiger partial charge in [-0.05, 0) is 44.9 Å². The lowest BCUT2D eigenvalue weighted by molar-refractivity contribution is -0.218. The van der Waals surface area contributed by atoms with Crippen LogP contribution in [0.5, 0.6) is 0 Å². The summed E-state index contributed by atoms with van der Waals surface area (Å²) < 4.78 is 30.3. The Morgan fingerprint density at radius 2 is 1.81 bits per heavy atom. The Morgan fingerprint density at radius 3 is 2.38 bits per heavy atom. The lowest BCUT2D eigenvalue weighted by atomic mass is 9.42. The van der Waals surface area contributed by atoms with Gasteiger partial charge in [0.25, 0.3) is 0 Å². The van der Waals surface area contributed by atoms with Gasteiger partial charge in [-0.15, -0.1) is 0 Å². The van der Waals surface area contributed by atoms with E-state index in [1.165, 1.54) is 0 Å². The maximum absolute atomic E-state index is 15.2. The molecule has 1 N–H and O–H groups in total. The quantitative estimate of drug-likeness (QED) is 0.793. The minimum absolute atomic E-state index is 0.0723. The van der Waals surface area contributed by atoms with Gasteiger partial charge in [0.15, 0.2) is 0 Å². The summed E-state index contributed by atoms with van der Waals surface area (Å²) in [7, 11) is 0. The van der Waals surface area contributed by atoms with Gasteiger partial charge in [-0.2, -0.15) is 0 Å². The van der Waals surface area contributed by atoms with E-state index in [9.17, 15) is 4.79 Å². The Balaban J connectivity index is 1.78. The second kappa shape index (κ2) is 3.98. The molecule has 3 nitrogen and oxygen atoms in total. The Hall–Kier alpha value is -0.710. The van der Waals surface area contributed by atoms with Crippen LogP contribution in [0.15, 0.2) is 0 Å². The molecule has 5 rings (SSSR count). The molecule has 21 heavy (non-hydrogen) atoms. The maximum atomic E-state index is 15.2. The molecule has 5 heteroatoms. The molecule has 5 fully saturated rings. The van der Waals surface area contributed by atoms with Gasteiger partial charge in [0.2, 0.25) is 6.41 Å². The Labute approximate surface area is 124 Å². The first-order valence-corrected chi connectivity index (χ1v) is 8.13. The SMILES string of the molecule is C[C@]1(C23CC4CC(F)(CC(F)(C4)C2)C3)CNCCN1C=O. The molecule has 0 spiro atoms. The van der Waals surface area contributed by atoms with Crippen LogP contribution in [0.25, 0.3) is 0 Å². The summed E-state index contributed by atoms with van der Waals surface area (Å²) in [6.07, 6.45) is 3.70. The third-order valence-electron chi connectivity index (χ3n) is 6.83. The van der Waals surface area contributed by atoms with Gasteiger partial charge in [0.1, 0.15) is 11.3 Å². The Bertz CT molecular complexity index is 467. The minimum Gasteiger partial charge on any atom is -0.337 e. The molecule has 5 aliphatic rings. The van der Waals surface area contributed by atoms with E-state index in [4.69, 9.17) is 0 Å². The van der Waals surface area contributed by atoms with Crippen molar-refractivity contribution in [3.8, 4) is 0 Å². The van der Waals surface area contributed by atoms with Crippen LogP contribution in [0, 0.1) is 11.3 Å². The molecule has 4 saturated carbocycles. The van der Waals surface area contributed by atoms with E-state index in [0.717, 1.165) is 19.4 Å². The van der Waals surface area contributed by atoms with Gasteiger partial charge in [-0.25, -0.2) is 8.78 Å². The zero-order valence-corrected chi connectivity index (χ0v) is 12.6. The number of piperazine rings is 1. The number of carbonyl (C=O) groups is 1. The van der Waals surface area contributed by atoms with E-state index in [1.54, 1.807) is 0 Å². The highest BCUT2D eigenvalue weighted by Crippen LogP contribution is 2.69. The predicted octanol–water partition coefficient (Wildman–Crippen LogP) is 2.21. The van der Waals surface area contributed by atoms with Crippen LogP contribution < -0.4 is 5.32 Å². The lowest BCUT2D eigenvalue weighted by Crippen LogP contribution is -2.74. The van der Waals surface area contributed by atoms with Crippen molar-refractivity contribution < 1.29 is 13.6 Å². The Morgan fingerprint density at radius 1 is 1.14 bits per heavy atom. The second-order valence-electron chi connectivity index (χ2n) is 8.34. The van der Waals surface area contributed by atoms with Crippen molar-refractivity contribution in [2.45, 2.75) is 62.3 Å². The number of carbonyl (C=O) groups excluding carboxylic acids is 1. The molecular formula is C16H24F2N2O. The van der Waals surface area contributed by atoms with Gasteiger partial charge in [-0.3, -0.25) is 4.79 Å². The summed E-state index contributed by atoms with van der Waals surface area (Å²) in [4.78, 5) is 13.3. The fraction of sp³-hybridized carbons (Fsp3) is 0.938. The molecule has 4 bridgehead atoms. The number of alkyl halides is 2. The van der Waals surface area contributed by atoms with Gasteiger partial charge in [0.05, 0.1) is 5.54 Å². The molecular weight excluding hydrogens is 274 g/mol. The number of hydrogen-bond acceptors (Lipinski definition) is 2. The van der Waals surface area contributed by atoms with Crippen molar-refractivity contribution in [3.05, 3.63) is 0 Å². The molecule has 0 aromatic heterocycles. The van der Waals surface area contributed by atoms with Crippen LogP contribution in [-0.4, -0.2) is 47.8 Å². The average molecular weight is 298 g/mol. The molecule has 4 aliphatic carbocycles. The van der Waals surface area contributed by atoms with Crippen LogP contribution in [0.3, 0.4) is 0 Å². The number of rotatable bonds is 2. The predicted molar refractivity (Wildman–Crippen MR) is 75.3 cm³/mol. The number of amides is 1. The fourth-order valence-corrected chi connectivity index (χ4v) is 6.35. The first kappa shape index (κ1) is 13.9. The fourth-order valence-electron chi connectivity index (χ4n) is 6.35. The van der Waals surface area contributed by atoms with E-state index >= 15 is 8.78 Å². The van der Waals surface area contributed by atoms with Crippen molar-refractivity contribution >= 4 is 6.41 Å². The third-order valence-corrected chi connectivity index (χ3v) is 6.83. The van der Waals surface area contributed by atoms with Crippen molar-refractivity contribution in [1.29, 1.82) is 0 Å². The van der Waals surface area contributed by atoms with Crippen molar-refractivity contribution in [3.63, 3.8) is 0 Å². The zero-order valence-electron chi connectivity index (χ0n) is 12.6. The molecule has 0 aromatic rings. The third kappa shape index (κ3) is 1.76. The monoisotopic (exact) mass is 298 g/mol. The molecule has 1 saturated heterocycles. The number of hydrogen-bond donors (Lipinski definition) is 1. The van der Waals surface area contributed by atoms with E-state index in [2.05, 4.69) is 5.32 Å². The molecule has 3 atom stereocenters. The van der Waals surface area contributed by atoms with Crippen LogP contribution >= 0.6 is 0 Å². The molecule has 2 unspecified atom stereocenters. The first-order valence-electron chi connectivity index (χ1n) is 8.13. The topological polar surface area (TPSA) is 32.3 Å². The standard InChI is InChI=1S/C16H24F2N2O/c1-13(10-19-2-3-20(13)11-21)14-4-12-5-15(17,7-14)9-16(18,6-12)8-14/h11-12,19H,2-10H2,1H3/t12?,13-,14?,15?,16?/m1/s1. The number of nitrogens with zero attached hydrogens (tertiary/aromatic N) is 1. The van der Waals surface area contributed by atoms with E-state index in [-0.39, 0.29) is 12.3 Å². The normalized spacial score (nSPS) is 55.8. The van der Waals surface area contributed by atoms with Crippen molar-refractivity contribution in [2.75, 3.05) is 19.6 Å². The van der Waals surface area contributed by atoms with Gasteiger partial charge in [0, 0.05) is 31.5 Å². The highest BCUT2D eigenvalue weighted by atomic mass is 19.2. The molecule has 1 heterocycles. The summed E-state index contributed by atoms with van der Waals surface area (Å²) in [5.74, 6) is 0.142. The lowest BCUT2D eigenvalue weighted by Gasteiger charge is -2.68. The Kier molecular flexibility index (Phi) is 2.63. The largest absolute Gasteiger partial charge is 0.337 e. The van der Waals surface area contributed by atoms with E-state index < -0.39 is 22.3 Å². The first-order chi connectivity index (χ1) is 9.82. The van der Waals surface area contributed by atoms with Gasteiger partial charge >= 0.3 is 0 Å². The molecule has 118 valence electrons. The molecule has 1 amide bonds. The zero-order chi connectivity index (χ0) is 14.9. The minimum atomic E-state index is -1.36. The number of halogens is 2. The van der Waals surface area contributed by atoms with E-state index in [0.29, 0.717) is 38.8 Å². The van der Waals surface area contributed by atoms with Crippen molar-refractivity contribution in [1.82, 2.24) is 10.2 Å². The smallest absolute Gasteiger partial charge is 0.210 e. The summed E-state index contributed by atoms with van der Waals surface area (Å²) >= 11 is 0. The summed E-state index contributed by atoms with van der Waals surface area (Å²) in [6.45, 7) is 4.07. The van der Waals surface area contributed by atoms with Crippen LogP contribution in [-0.2, 0) is 4.79 Å². The average Bonchev–Trinajstić information content (AvgIpc) is 2.34. The highest BCUT2D eigenvalue weighted by Gasteiger charge is 2.70.